The maximum atomic E-state index is 13.9. The lowest BCUT2D eigenvalue weighted by Gasteiger charge is -2.42. The van der Waals surface area contributed by atoms with Crippen LogP contribution in [-0.4, -0.2) is 12.6 Å². The molecule has 0 heterocycles. The van der Waals surface area contributed by atoms with Crippen molar-refractivity contribution in [2.45, 2.75) is 69.2 Å². The zero-order chi connectivity index (χ0) is 26.3. The molecule has 0 aliphatic carbocycles. The predicted molar refractivity (Wildman–Crippen MR) is 150 cm³/mol. The fraction of sp³-hybridized carbons (Fsp3) is 0.333. The Labute approximate surface area is 219 Å². The predicted octanol–water partition coefficient (Wildman–Crippen LogP) is 7.23. The van der Waals surface area contributed by atoms with Crippen LogP contribution >= 0.6 is 0 Å². The lowest BCUT2D eigenvalue weighted by Crippen LogP contribution is -2.43. The minimum absolute atomic E-state index is 0.208. The molecule has 0 aliphatic rings. The van der Waals surface area contributed by atoms with Crippen LogP contribution in [0.25, 0.3) is 0 Å². The number of hydrogen-bond acceptors (Lipinski definition) is 3. The van der Waals surface area contributed by atoms with Gasteiger partial charge in [0.15, 0.2) is 0 Å². The van der Waals surface area contributed by atoms with E-state index in [-0.39, 0.29) is 4.90 Å². The van der Waals surface area contributed by atoms with E-state index < -0.39 is 32.3 Å². The molecule has 3 rings (SSSR count). The van der Waals surface area contributed by atoms with Crippen LogP contribution in [0.1, 0.15) is 62.3 Å². The molecular formula is C30H37NO3S2. The molecule has 36 heavy (non-hydrogen) atoms. The Kier molecular flexibility index (Phi) is 9.45. The Bertz CT molecular complexity index is 1280. The highest BCUT2D eigenvalue weighted by molar-refractivity contribution is 7.89. The van der Waals surface area contributed by atoms with Crippen molar-refractivity contribution in [2.75, 3.05) is 0 Å². The molecule has 0 radical (unpaired) electrons. The molecule has 0 saturated heterocycles. The number of aryl methyl sites for hydroxylation is 2. The Morgan fingerprint density at radius 2 is 1.47 bits per heavy atom. The molecule has 3 atom stereocenters. The number of hydrogen-bond donors (Lipinski definition) is 1. The molecule has 3 aromatic carbocycles. The molecule has 1 N–H and O–H groups in total. The zero-order valence-electron chi connectivity index (χ0n) is 21.7. The summed E-state index contributed by atoms with van der Waals surface area (Å²) in [7, 11) is -5.37. The maximum absolute atomic E-state index is 13.9. The van der Waals surface area contributed by atoms with Gasteiger partial charge in [-0.1, -0.05) is 99.0 Å². The molecule has 0 saturated carbocycles. The van der Waals surface area contributed by atoms with E-state index in [2.05, 4.69) is 18.2 Å². The first-order valence-electron chi connectivity index (χ1n) is 12.5. The monoisotopic (exact) mass is 523 g/mol. The fourth-order valence-electron chi connectivity index (χ4n) is 4.59. The van der Waals surface area contributed by atoms with Crippen molar-refractivity contribution in [3.63, 3.8) is 0 Å². The van der Waals surface area contributed by atoms with E-state index in [0.717, 1.165) is 29.5 Å². The summed E-state index contributed by atoms with van der Waals surface area (Å²) in [4.78, 5) is 1.43. The van der Waals surface area contributed by atoms with Crippen molar-refractivity contribution in [1.82, 2.24) is 4.72 Å². The molecule has 0 unspecified atom stereocenters. The average Bonchev–Trinajstić information content (AvgIpc) is 2.89. The second kappa shape index (κ2) is 12.1. The smallest absolute Gasteiger partial charge is 0.241 e. The second-order valence-corrected chi connectivity index (χ2v) is 12.6. The van der Waals surface area contributed by atoms with Crippen LogP contribution in [0.3, 0.4) is 0 Å². The van der Waals surface area contributed by atoms with E-state index in [1.807, 2.05) is 75.4 Å². The van der Waals surface area contributed by atoms with Crippen LogP contribution in [-0.2, 0) is 20.8 Å². The minimum atomic E-state index is -3.86. The highest BCUT2D eigenvalue weighted by Crippen LogP contribution is 2.49. The Morgan fingerprint density at radius 3 is 2.00 bits per heavy atom. The quantitative estimate of drug-likeness (QED) is 0.272. The first-order chi connectivity index (χ1) is 17.1. The first-order valence-corrected chi connectivity index (χ1v) is 15.1. The molecule has 0 bridgehead atoms. The van der Waals surface area contributed by atoms with E-state index >= 15 is 0 Å². The van der Waals surface area contributed by atoms with Crippen molar-refractivity contribution in [3.8, 4) is 0 Å². The molecule has 0 fully saturated rings. The molecule has 3 aromatic rings. The summed E-state index contributed by atoms with van der Waals surface area (Å²) in [6.07, 6.45) is 3.03. The number of unbranched alkanes of at least 4 members (excludes halogenated alkanes) is 1. The van der Waals surface area contributed by atoms with Gasteiger partial charge in [-0.15, -0.1) is 0 Å². The van der Waals surface area contributed by atoms with Crippen molar-refractivity contribution in [3.05, 3.63) is 107 Å². The first kappa shape index (κ1) is 28.0. The van der Waals surface area contributed by atoms with Gasteiger partial charge in [-0.3, -0.25) is 0 Å². The van der Waals surface area contributed by atoms with Gasteiger partial charge in [-0.25, -0.2) is 17.3 Å². The molecule has 0 aromatic heterocycles. The summed E-state index contributed by atoms with van der Waals surface area (Å²) in [5, 5.41) is 0. The van der Waals surface area contributed by atoms with Crippen molar-refractivity contribution in [2.24, 2.45) is 5.41 Å². The molecule has 0 aliphatic heterocycles. The standard InChI is InChI=1S/C30H37NO3S2/c1-6-8-22-30(7-2,25(5)35(32)27-18-14-23(3)15-19-27)29(26-12-10-9-11-13-26)31-36(33,34)28-20-16-24(4)17-21-28/h9-21,29,31H,5-8,22H2,1-4H3/t29-,30+,35-/m1/s1. The Morgan fingerprint density at radius 1 is 0.917 bits per heavy atom. The molecule has 6 heteroatoms. The van der Waals surface area contributed by atoms with E-state index in [1.165, 1.54) is 0 Å². The number of sulfonamides is 1. The SMILES string of the molecule is C=C([S@@](=O)c1ccc(C)cc1)[C@](CC)(CCCC)[C@H](NS(=O)(=O)c1ccc(C)cc1)c1ccccc1. The van der Waals surface area contributed by atoms with Crippen LogP contribution in [0, 0.1) is 19.3 Å². The lowest BCUT2D eigenvalue weighted by atomic mass is 9.71. The van der Waals surface area contributed by atoms with Crippen LogP contribution in [0.5, 0.6) is 0 Å². The summed E-state index contributed by atoms with van der Waals surface area (Å²) in [6.45, 7) is 12.4. The second-order valence-electron chi connectivity index (χ2n) is 9.40. The van der Waals surface area contributed by atoms with Gasteiger partial charge in [0.05, 0.1) is 21.7 Å². The van der Waals surface area contributed by atoms with Gasteiger partial charge in [0, 0.05) is 15.2 Å². The largest absolute Gasteiger partial charge is 0.249 e. The number of benzene rings is 3. The third-order valence-electron chi connectivity index (χ3n) is 6.91. The number of rotatable bonds is 12. The Hall–Kier alpha value is -2.54. The van der Waals surface area contributed by atoms with Crippen LogP contribution in [0.2, 0.25) is 0 Å². The molecule has 192 valence electrons. The normalized spacial score (nSPS) is 15.1. The van der Waals surface area contributed by atoms with Crippen molar-refractivity contribution >= 4 is 20.8 Å². The molecule has 0 amide bonds. The van der Waals surface area contributed by atoms with E-state index in [9.17, 15) is 12.6 Å². The summed E-state index contributed by atoms with van der Waals surface area (Å²) >= 11 is 0. The third-order valence-corrected chi connectivity index (χ3v) is 9.90. The summed E-state index contributed by atoms with van der Waals surface area (Å²) < 4.78 is 44.2. The van der Waals surface area contributed by atoms with E-state index in [1.54, 1.807) is 24.3 Å². The maximum Gasteiger partial charge on any atom is 0.241 e. The average molecular weight is 524 g/mol. The van der Waals surface area contributed by atoms with Crippen LogP contribution in [0.15, 0.2) is 100 Å². The molecule has 0 spiro atoms. The van der Waals surface area contributed by atoms with Crippen LogP contribution < -0.4 is 4.72 Å². The van der Waals surface area contributed by atoms with Crippen molar-refractivity contribution in [1.29, 1.82) is 0 Å². The molecule has 4 nitrogen and oxygen atoms in total. The highest BCUT2D eigenvalue weighted by atomic mass is 32.2. The fourth-order valence-corrected chi connectivity index (χ4v) is 7.29. The lowest BCUT2D eigenvalue weighted by molar-refractivity contribution is 0.240. The van der Waals surface area contributed by atoms with Gasteiger partial charge < -0.3 is 0 Å². The highest BCUT2D eigenvalue weighted by Gasteiger charge is 2.44. The van der Waals surface area contributed by atoms with E-state index in [0.29, 0.717) is 22.6 Å². The summed E-state index contributed by atoms with van der Waals surface area (Å²) in [5.41, 5.74) is 2.14. The molecular weight excluding hydrogens is 486 g/mol. The van der Waals surface area contributed by atoms with Gasteiger partial charge in [0.1, 0.15) is 0 Å². The van der Waals surface area contributed by atoms with Gasteiger partial charge in [0.2, 0.25) is 10.0 Å². The van der Waals surface area contributed by atoms with Gasteiger partial charge in [0.25, 0.3) is 0 Å². The van der Waals surface area contributed by atoms with Gasteiger partial charge in [-0.2, -0.15) is 0 Å². The van der Waals surface area contributed by atoms with Crippen molar-refractivity contribution < 1.29 is 12.6 Å². The Balaban J connectivity index is 2.15. The summed E-state index contributed by atoms with van der Waals surface area (Å²) in [5.74, 6) is 0. The topological polar surface area (TPSA) is 63.2 Å². The third kappa shape index (κ3) is 6.23. The van der Waals surface area contributed by atoms with Gasteiger partial charge >= 0.3 is 0 Å². The van der Waals surface area contributed by atoms with E-state index in [4.69, 9.17) is 0 Å². The number of nitrogens with one attached hydrogen (secondary N) is 1. The minimum Gasteiger partial charge on any atom is -0.249 e. The van der Waals surface area contributed by atoms with Crippen LogP contribution in [0.4, 0.5) is 0 Å². The van der Waals surface area contributed by atoms with Gasteiger partial charge in [-0.05, 0) is 56.5 Å². The summed E-state index contributed by atoms with van der Waals surface area (Å²) in [6, 6.07) is 23.4. The zero-order valence-corrected chi connectivity index (χ0v) is 23.3.